The van der Waals surface area contributed by atoms with Crippen molar-refractivity contribution in [2.75, 3.05) is 18.0 Å². The van der Waals surface area contributed by atoms with E-state index >= 15 is 0 Å². The standard InChI is InChI=1S/C12H17N5/c1-8-3-2-4-9(7-8)17-12(15)10(5-6-13)11(14)16-17/h2-4,7H,5-6,13,15H2,1H3,(H2,14,16). The van der Waals surface area contributed by atoms with Gasteiger partial charge in [-0.15, -0.1) is 5.10 Å². The Hall–Kier alpha value is -2.01. The van der Waals surface area contributed by atoms with Gasteiger partial charge in [-0.25, -0.2) is 4.68 Å². The number of rotatable bonds is 3. The number of aryl methyl sites for hydroxylation is 1. The summed E-state index contributed by atoms with van der Waals surface area (Å²) in [6, 6.07) is 7.94. The van der Waals surface area contributed by atoms with E-state index in [9.17, 15) is 0 Å². The molecule has 0 aliphatic rings. The lowest BCUT2D eigenvalue weighted by atomic mass is 10.2. The summed E-state index contributed by atoms with van der Waals surface area (Å²) >= 11 is 0. The van der Waals surface area contributed by atoms with Gasteiger partial charge in [0.2, 0.25) is 0 Å². The smallest absolute Gasteiger partial charge is 0.151 e. The molecule has 0 saturated carbocycles. The normalized spacial score (nSPS) is 10.7. The molecule has 1 aromatic heterocycles. The molecule has 1 aromatic carbocycles. The second kappa shape index (κ2) is 4.47. The number of benzene rings is 1. The lowest BCUT2D eigenvalue weighted by Crippen LogP contribution is -2.07. The first kappa shape index (κ1) is 11.5. The minimum absolute atomic E-state index is 0.453. The van der Waals surface area contributed by atoms with Crippen molar-refractivity contribution in [3.8, 4) is 5.69 Å². The van der Waals surface area contributed by atoms with Crippen LogP contribution in [-0.2, 0) is 6.42 Å². The lowest BCUT2D eigenvalue weighted by Gasteiger charge is -2.05. The Morgan fingerprint density at radius 2 is 2.06 bits per heavy atom. The molecule has 6 N–H and O–H groups in total. The SMILES string of the molecule is Cc1cccc(-n2nc(N)c(CCN)c2N)c1. The molecule has 0 amide bonds. The van der Waals surface area contributed by atoms with Crippen molar-refractivity contribution in [2.45, 2.75) is 13.3 Å². The predicted molar refractivity (Wildman–Crippen MR) is 69.9 cm³/mol. The van der Waals surface area contributed by atoms with E-state index in [2.05, 4.69) is 5.10 Å². The van der Waals surface area contributed by atoms with Gasteiger partial charge >= 0.3 is 0 Å². The van der Waals surface area contributed by atoms with E-state index in [0.717, 1.165) is 16.8 Å². The number of nitrogens with zero attached hydrogens (tertiary/aromatic N) is 2. The lowest BCUT2D eigenvalue weighted by molar-refractivity contribution is 0.894. The highest BCUT2D eigenvalue weighted by atomic mass is 15.3. The third-order valence-corrected chi connectivity index (χ3v) is 2.69. The highest BCUT2D eigenvalue weighted by Gasteiger charge is 2.13. The fraction of sp³-hybridized carbons (Fsp3) is 0.250. The molecule has 0 bridgehead atoms. The van der Waals surface area contributed by atoms with E-state index in [4.69, 9.17) is 17.2 Å². The summed E-state index contributed by atoms with van der Waals surface area (Å²) in [5.41, 5.74) is 20.3. The Kier molecular flexibility index (Phi) is 3.01. The molecule has 5 nitrogen and oxygen atoms in total. The molecule has 0 unspecified atom stereocenters. The number of hydrogen-bond acceptors (Lipinski definition) is 4. The molecule has 0 spiro atoms. The number of nitrogens with two attached hydrogens (primary N) is 3. The van der Waals surface area contributed by atoms with Gasteiger partial charge in [0.1, 0.15) is 5.82 Å². The summed E-state index contributed by atoms with van der Waals surface area (Å²) < 4.78 is 1.66. The summed E-state index contributed by atoms with van der Waals surface area (Å²) in [4.78, 5) is 0. The highest BCUT2D eigenvalue weighted by molar-refractivity contribution is 5.58. The average Bonchev–Trinajstić information content (AvgIpc) is 2.57. The monoisotopic (exact) mass is 231 g/mol. The zero-order valence-electron chi connectivity index (χ0n) is 9.85. The highest BCUT2D eigenvalue weighted by Crippen LogP contribution is 2.23. The summed E-state index contributed by atoms with van der Waals surface area (Å²) in [5, 5.41) is 4.25. The van der Waals surface area contributed by atoms with Crippen LogP contribution in [0.2, 0.25) is 0 Å². The Balaban J connectivity index is 2.50. The van der Waals surface area contributed by atoms with Crippen molar-refractivity contribution in [2.24, 2.45) is 5.73 Å². The van der Waals surface area contributed by atoms with Crippen molar-refractivity contribution in [3.63, 3.8) is 0 Å². The van der Waals surface area contributed by atoms with Crippen LogP contribution in [0, 0.1) is 6.92 Å². The third-order valence-electron chi connectivity index (χ3n) is 2.69. The molecule has 0 aliphatic heterocycles. The Bertz CT molecular complexity index is 530. The first-order valence-corrected chi connectivity index (χ1v) is 5.53. The van der Waals surface area contributed by atoms with E-state index in [0.29, 0.717) is 24.6 Å². The largest absolute Gasteiger partial charge is 0.383 e. The van der Waals surface area contributed by atoms with Crippen LogP contribution in [0.5, 0.6) is 0 Å². The Morgan fingerprint density at radius 3 is 2.71 bits per heavy atom. The van der Waals surface area contributed by atoms with Crippen molar-refractivity contribution < 1.29 is 0 Å². The quantitative estimate of drug-likeness (QED) is 0.729. The second-order valence-corrected chi connectivity index (χ2v) is 4.04. The molecular formula is C12H17N5. The molecule has 0 radical (unpaired) electrons. The summed E-state index contributed by atoms with van der Waals surface area (Å²) in [6.45, 7) is 2.53. The fourth-order valence-electron chi connectivity index (χ4n) is 1.84. The van der Waals surface area contributed by atoms with Gasteiger partial charge in [-0.2, -0.15) is 0 Å². The fourth-order valence-corrected chi connectivity index (χ4v) is 1.84. The van der Waals surface area contributed by atoms with Gasteiger partial charge in [0.05, 0.1) is 5.69 Å². The zero-order chi connectivity index (χ0) is 12.4. The van der Waals surface area contributed by atoms with Gasteiger partial charge in [0.25, 0.3) is 0 Å². The van der Waals surface area contributed by atoms with E-state index < -0.39 is 0 Å². The van der Waals surface area contributed by atoms with Crippen LogP contribution in [0.4, 0.5) is 11.6 Å². The molecular weight excluding hydrogens is 214 g/mol. The van der Waals surface area contributed by atoms with Crippen LogP contribution >= 0.6 is 0 Å². The van der Waals surface area contributed by atoms with Gasteiger partial charge in [0.15, 0.2) is 5.82 Å². The maximum Gasteiger partial charge on any atom is 0.151 e. The van der Waals surface area contributed by atoms with Crippen molar-refractivity contribution >= 4 is 11.6 Å². The number of nitrogen functional groups attached to an aromatic ring is 2. The molecule has 1 heterocycles. The van der Waals surface area contributed by atoms with Gasteiger partial charge in [0, 0.05) is 5.56 Å². The Labute approximate surface area is 100 Å². The van der Waals surface area contributed by atoms with E-state index in [1.54, 1.807) is 4.68 Å². The molecule has 17 heavy (non-hydrogen) atoms. The van der Waals surface area contributed by atoms with Crippen LogP contribution in [0.1, 0.15) is 11.1 Å². The van der Waals surface area contributed by atoms with E-state index in [1.165, 1.54) is 0 Å². The van der Waals surface area contributed by atoms with Crippen LogP contribution in [0.3, 0.4) is 0 Å². The first-order chi connectivity index (χ1) is 8.13. The minimum atomic E-state index is 0.453. The zero-order valence-corrected chi connectivity index (χ0v) is 9.85. The number of anilines is 2. The van der Waals surface area contributed by atoms with Crippen molar-refractivity contribution in [1.29, 1.82) is 0 Å². The third kappa shape index (κ3) is 2.09. The predicted octanol–water partition coefficient (Wildman–Crippen LogP) is 0.846. The first-order valence-electron chi connectivity index (χ1n) is 5.53. The van der Waals surface area contributed by atoms with Gasteiger partial charge in [-0.3, -0.25) is 0 Å². The van der Waals surface area contributed by atoms with Gasteiger partial charge < -0.3 is 17.2 Å². The molecule has 5 heteroatoms. The molecule has 2 aromatic rings. The summed E-state index contributed by atoms with van der Waals surface area (Å²) in [6.07, 6.45) is 0.642. The van der Waals surface area contributed by atoms with Crippen molar-refractivity contribution in [1.82, 2.24) is 9.78 Å². The molecule has 0 saturated heterocycles. The summed E-state index contributed by atoms with van der Waals surface area (Å²) in [7, 11) is 0. The number of aromatic nitrogens is 2. The topological polar surface area (TPSA) is 95.9 Å². The van der Waals surface area contributed by atoms with Crippen LogP contribution in [0.15, 0.2) is 24.3 Å². The number of hydrogen-bond donors (Lipinski definition) is 3. The molecule has 90 valence electrons. The van der Waals surface area contributed by atoms with Crippen LogP contribution in [0.25, 0.3) is 5.69 Å². The molecule has 0 fully saturated rings. The van der Waals surface area contributed by atoms with Gasteiger partial charge in [-0.05, 0) is 37.6 Å². The average molecular weight is 231 g/mol. The van der Waals surface area contributed by atoms with Crippen LogP contribution < -0.4 is 17.2 Å². The second-order valence-electron chi connectivity index (χ2n) is 4.04. The van der Waals surface area contributed by atoms with Gasteiger partial charge in [-0.1, -0.05) is 12.1 Å². The van der Waals surface area contributed by atoms with E-state index in [1.807, 2.05) is 31.2 Å². The molecule has 2 rings (SSSR count). The Morgan fingerprint density at radius 1 is 1.29 bits per heavy atom. The molecule has 0 aliphatic carbocycles. The maximum atomic E-state index is 6.04. The molecule has 0 atom stereocenters. The van der Waals surface area contributed by atoms with E-state index in [-0.39, 0.29) is 0 Å². The minimum Gasteiger partial charge on any atom is -0.383 e. The van der Waals surface area contributed by atoms with Crippen molar-refractivity contribution in [3.05, 3.63) is 35.4 Å². The maximum absolute atomic E-state index is 6.04. The van der Waals surface area contributed by atoms with Crippen LogP contribution in [-0.4, -0.2) is 16.3 Å². The summed E-state index contributed by atoms with van der Waals surface area (Å²) in [5.74, 6) is 1.02.